The molecule has 1 saturated heterocycles. The number of aromatic nitrogens is 2. The normalized spacial score (nSPS) is 19.1. The molecule has 0 aliphatic carbocycles. The third kappa shape index (κ3) is 3.43. The summed E-state index contributed by atoms with van der Waals surface area (Å²) < 4.78 is 13.9. The molecule has 1 aromatic heterocycles. The Kier molecular flexibility index (Phi) is 5.33. The fourth-order valence-corrected chi connectivity index (χ4v) is 3.48. The predicted octanol–water partition coefficient (Wildman–Crippen LogP) is 2.15. The Morgan fingerprint density at radius 2 is 2.04 bits per heavy atom. The van der Waals surface area contributed by atoms with Crippen LogP contribution in [0.3, 0.4) is 0 Å². The molecule has 2 heterocycles. The maximum Gasteiger partial charge on any atom is 0.295 e. The molecule has 0 bridgehead atoms. The number of aromatic amines is 1. The highest BCUT2D eigenvalue weighted by molar-refractivity contribution is 6.46. The van der Waals surface area contributed by atoms with Gasteiger partial charge in [0.15, 0.2) is 0 Å². The molecule has 2 aromatic rings. The van der Waals surface area contributed by atoms with E-state index in [1.54, 1.807) is 19.9 Å². The third-order valence-corrected chi connectivity index (χ3v) is 4.86. The summed E-state index contributed by atoms with van der Waals surface area (Å²) in [5.74, 6) is -2.28. The van der Waals surface area contributed by atoms with Crippen LogP contribution in [-0.4, -0.2) is 64.0 Å². The van der Waals surface area contributed by atoms with Crippen LogP contribution in [0.2, 0.25) is 0 Å². The van der Waals surface area contributed by atoms with E-state index in [4.69, 9.17) is 0 Å². The number of nitrogens with zero attached hydrogens (tertiary/aromatic N) is 3. The molecule has 8 heteroatoms. The van der Waals surface area contributed by atoms with Gasteiger partial charge < -0.3 is 14.9 Å². The number of aliphatic hydroxyl groups excluding tert-OH is 1. The van der Waals surface area contributed by atoms with Gasteiger partial charge in [0.25, 0.3) is 11.7 Å². The predicted molar refractivity (Wildman–Crippen MR) is 102 cm³/mol. The van der Waals surface area contributed by atoms with Crippen LogP contribution in [-0.2, 0) is 9.59 Å². The molecule has 7 nitrogen and oxygen atoms in total. The quantitative estimate of drug-likeness (QED) is 0.467. The fraction of sp³-hybridized carbons (Fsp3) is 0.350. The van der Waals surface area contributed by atoms with Crippen molar-refractivity contribution in [3.05, 3.63) is 58.2 Å². The molecule has 0 saturated carbocycles. The second-order valence-electron chi connectivity index (χ2n) is 7.16. The summed E-state index contributed by atoms with van der Waals surface area (Å²) in [6.07, 6.45) is 0. The summed E-state index contributed by atoms with van der Waals surface area (Å²) in [6.45, 7) is 4.19. The van der Waals surface area contributed by atoms with E-state index in [0.717, 1.165) is 0 Å². The largest absolute Gasteiger partial charge is 0.507 e. The van der Waals surface area contributed by atoms with Crippen LogP contribution in [0, 0.1) is 19.7 Å². The summed E-state index contributed by atoms with van der Waals surface area (Å²) in [4.78, 5) is 28.8. The number of H-pyrrole nitrogens is 1. The van der Waals surface area contributed by atoms with Crippen LogP contribution in [0.1, 0.15) is 28.6 Å². The molecule has 1 aliphatic rings. The van der Waals surface area contributed by atoms with Crippen LogP contribution in [0.5, 0.6) is 0 Å². The second kappa shape index (κ2) is 7.55. The number of carbonyl (C=O) groups excluding carboxylic acids is 2. The molecule has 1 aliphatic heterocycles. The van der Waals surface area contributed by atoms with E-state index in [9.17, 15) is 19.1 Å². The minimum Gasteiger partial charge on any atom is -0.507 e. The van der Waals surface area contributed by atoms with E-state index < -0.39 is 23.5 Å². The summed E-state index contributed by atoms with van der Waals surface area (Å²) in [5.41, 5.74) is 1.84. The molecule has 0 spiro atoms. The van der Waals surface area contributed by atoms with Crippen molar-refractivity contribution in [2.45, 2.75) is 19.9 Å². The molecule has 1 fully saturated rings. The van der Waals surface area contributed by atoms with Crippen molar-refractivity contribution in [1.82, 2.24) is 20.0 Å². The lowest BCUT2D eigenvalue weighted by Crippen LogP contribution is -2.35. The van der Waals surface area contributed by atoms with Crippen molar-refractivity contribution in [3.63, 3.8) is 0 Å². The number of likely N-dealkylation sites (tertiary alicyclic amines) is 1. The number of hydrogen-bond donors (Lipinski definition) is 2. The zero-order valence-electron chi connectivity index (χ0n) is 16.3. The van der Waals surface area contributed by atoms with E-state index in [1.165, 1.54) is 23.1 Å². The number of aliphatic hydroxyl groups is 1. The smallest absolute Gasteiger partial charge is 0.295 e. The first-order chi connectivity index (χ1) is 13.2. The topological polar surface area (TPSA) is 89.5 Å². The lowest BCUT2D eigenvalue weighted by atomic mass is 9.94. The molecule has 1 atom stereocenters. The van der Waals surface area contributed by atoms with Crippen LogP contribution in [0.4, 0.5) is 4.39 Å². The summed E-state index contributed by atoms with van der Waals surface area (Å²) in [7, 11) is 3.71. The second-order valence-corrected chi connectivity index (χ2v) is 7.16. The number of likely N-dealkylation sites (N-methyl/N-ethyl adjacent to an activating group) is 1. The van der Waals surface area contributed by atoms with Gasteiger partial charge in [0.2, 0.25) is 0 Å². The van der Waals surface area contributed by atoms with Crippen molar-refractivity contribution < 1.29 is 19.1 Å². The Morgan fingerprint density at radius 3 is 2.61 bits per heavy atom. The Labute approximate surface area is 162 Å². The van der Waals surface area contributed by atoms with Crippen LogP contribution in [0.25, 0.3) is 5.76 Å². The van der Waals surface area contributed by atoms with Gasteiger partial charge in [0.05, 0.1) is 22.9 Å². The standard InChI is InChI=1S/C20H23FN4O3/c1-11-15(12(2)23-22-11)18(26)16-17(13-6-5-7-14(21)10-13)25(9-8-24(3)4)20(28)19(16)27/h5-7,10,17,26H,8-9H2,1-4H3,(H,22,23)/t17-/m1/s1. The molecule has 1 aromatic carbocycles. The number of nitrogens with one attached hydrogen (secondary N) is 1. The van der Waals surface area contributed by atoms with Crippen molar-refractivity contribution >= 4 is 17.4 Å². The third-order valence-electron chi connectivity index (χ3n) is 4.86. The minimum atomic E-state index is -0.871. The number of hydrogen-bond acceptors (Lipinski definition) is 5. The minimum absolute atomic E-state index is 0.0537. The maximum atomic E-state index is 13.9. The van der Waals surface area contributed by atoms with Crippen molar-refractivity contribution in [1.29, 1.82) is 0 Å². The van der Waals surface area contributed by atoms with E-state index in [-0.39, 0.29) is 17.9 Å². The number of Topliss-reactive ketones (excluding diaryl/α,β-unsaturated/α-hetero) is 1. The van der Waals surface area contributed by atoms with Gasteiger partial charge >= 0.3 is 0 Å². The van der Waals surface area contributed by atoms with Gasteiger partial charge in [-0.15, -0.1) is 0 Å². The van der Waals surface area contributed by atoms with Crippen molar-refractivity contribution in [2.24, 2.45) is 0 Å². The van der Waals surface area contributed by atoms with Gasteiger partial charge in [-0.25, -0.2) is 4.39 Å². The Bertz CT molecular complexity index is 945. The molecule has 0 unspecified atom stereocenters. The number of benzene rings is 1. The first kappa shape index (κ1) is 19.8. The van der Waals surface area contributed by atoms with Crippen LogP contribution < -0.4 is 0 Å². The first-order valence-electron chi connectivity index (χ1n) is 8.93. The Morgan fingerprint density at radius 1 is 1.32 bits per heavy atom. The molecule has 2 N–H and O–H groups in total. The maximum absolute atomic E-state index is 13.9. The first-order valence-corrected chi connectivity index (χ1v) is 8.93. The van der Waals surface area contributed by atoms with E-state index in [2.05, 4.69) is 10.2 Å². The molecular weight excluding hydrogens is 363 g/mol. The van der Waals surface area contributed by atoms with E-state index in [1.807, 2.05) is 19.0 Å². The highest BCUT2D eigenvalue weighted by Crippen LogP contribution is 2.40. The number of carbonyl (C=O) groups is 2. The van der Waals surface area contributed by atoms with Crippen molar-refractivity contribution in [3.8, 4) is 0 Å². The number of amides is 1. The van der Waals surface area contributed by atoms with E-state index in [0.29, 0.717) is 29.1 Å². The zero-order valence-corrected chi connectivity index (χ0v) is 16.3. The summed E-state index contributed by atoms with van der Waals surface area (Å²) >= 11 is 0. The lowest BCUT2D eigenvalue weighted by molar-refractivity contribution is -0.140. The van der Waals surface area contributed by atoms with Gasteiger partial charge in [-0.2, -0.15) is 5.10 Å². The Balaban J connectivity index is 2.20. The van der Waals surface area contributed by atoms with Gasteiger partial charge in [0.1, 0.15) is 11.6 Å². The highest BCUT2D eigenvalue weighted by Gasteiger charge is 2.46. The number of halogens is 1. The van der Waals surface area contributed by atoms with Gasteiger partial charge in [-0.05, 0) is 45.6 Å². The summed E-state index contributed by atoms with van der Waals surface area (Å²) in [5, 5.41) is 17.8. The zero-order chi connectivity index (χ0) is 20.6. The number of aryl methyl sites for hydroxylation is 2. The van der Waals surface area contributed by atoms with E-state index >= 15 is 0 Å². The Hall–Kier alpha value is -3.00. The number of rotatable bonds is 5. The molecular formula is C20H23FN4O3. The lowest BCUT2D eigenvalue weighted by Gasteiger charge is -2.26. The van der Waals surface area contributed by atoms with Crippen LogP contribution in [0.15, 0.2) is 29.8 Å². The van der Waals surface area contributed by atoms with Crippen LogP contribution >= 0.6 is 0 Å². The molecule has 28 heavy (non-hydrogen) atoms. The monoisotopic (exact) mass is 386 g/mol. The molecule has 3 rings (SSSR count). The van der Waals surface area contributed by atoms with Gasteiger partial charge in [-0.1, -0.05) is 12.1 Å². The fourth-order valence-electron chi connectivity index (χ4n) is 3.48. The average Bonchev–Trinajstić information content (AvgIpc) is 3.09. The van der Waals surface area contributed by atoms with Gasteiger partial charge in [-0.3, -0.25) is 14.7 Å². The highest BCUT2D eigenvalue weighted by atomic mass is 19.1. The molecule has 148 valence electrons. The SMILES string of the molecule is Cc1n[nH]c(C)c1C(O)=C1C(=O)C(=O)N(CCN(C)C)[C@@H]1c1cccc(F)c1. The molecule has 0 radical (unpaired) electrons. The van der Waals surface area contributed by atoms with Crippen molar-refractivity contribution in [2.75, 3.05) is 27.2 Å². The summed E-state index contributed by atoms with van der Waals surface area (Å²) in [6, 6.07) is 4.86. The average molecular weight is 386 g/mol. The number of ketones is 1. The molecule has 1 amide bonds. The van der Waals surface area contributed by atoms with Gasteiger partial charge in [0, 0.05) is 18.8 Å².